The van der Waals surface area contributed by atoms with E-state index < -0.39 is 10.8 Å². The number of carbonyl (C=O) groups excluding carboxylic acids is 1. The molecular weight excluding hydrogens is 270 g/mol. The Balaban J connectivity index is 2.37. The van der Waals surface area contributed by atoms with Crippen molar-refractivity contribution in [1.29, 1.82) is 0 Å². The first kappa shape index (κ1) is 14.5. The van der Waals surface area contributed by atoms with Gasteiger partial charge in [0.2, 0.25) is 0 Å². The molecule has 0 fully saturated rings. The minimum absolute atomic E-state index is 0.0501. The first-order valence-corrected chi connectivity index (χ1v) is 6.46. The Morgan fingerprint density at radius 2 is 2.00 bits per heavy atom. The van der Waals surface area contributed by atoms with Crippen LogP contribution in [0.4, 0.5) is 17.1 Å². The molecule has 108 valence electrons. The average Bonchev–Trinajstić information content (AvgIpc) is 2.47. The number of aryl methyl sites for hydroxylation is 1. The fourth-order valence-corrected chi connectivity index (χ4v) is 2.03. The lowest BCUT2D eigenvalue weighted by Crippen LogP contribution is -2.15. The Labute approximate surface area is 121 Å². The summed E-state index contributed by atoms with van der Waals surface area (Å²) >= 11 is 0. The molecule has 0 atom stereocenters. The van der Waals surface area contributed by atoms with Crippen LogP contribution in [0.1, 0.15) is 22.8 Å². The van der Waals surface area contributed by atoms with Gasteiger partial charge in [0.25, 0.3) is 11.6 Å². The van der Waals surface area contributed by atoms with Crippen LogP contribution in [0.15, 0.2) is 42.5 Å². The highest BCUT2D eigenvalue weighted by molar-refractivity contribution is 6.07. The van der Waals surface area contributed by atoms with Crippen LogP contribution in [0.25, 0.3) is 0 Å². The van der Waals surface area contributed by atoms with Gasteiger partial charge in [-0.1, -0.05) is 25.1 Å². The van der Waals surface area contributed by atoms with Crippen LogP contribution in [-0.2, 0) is 6.42 Å². The summed E-state index contributed by atoms with van der Waals surface area (Å²) in [5, 5.41) is 13.7. The molecule has 6 nitrogen and oxygen atoms in total. The maximum absolute atomic E-state index is 12.3. The van der Waals surface area contributed by atoms with Crippen molar-refractivity contribution in [3.05, 3.63) is 63.7 Å². The summed E-state index contributed by atoms with van der Waals surface area (Å²) in [6.07, 6.45) is 0.746. The number of nitrogen functional groups attached to an aromatic ring is 1. The van der Waals surface area contributed by atoms with Crippen LogP contribution >= 0.6 is 0 Å². The number of hydrogen-bond acceptors (Lipinski definition) is 4. The molecule has 2 rings (SSSR count). The SMILES string of the molecule is CCc1ccccc1NC(=O)c1cc(N)ccc1[N+](=O)[O-]. The van der Waals surface area contributed by atoms with Gasteiger partial charge in [-0.25, -0.2) is 0 Å². The summed E-state index contributed by atoms with van der Waals surface area (Å²) in [6, 6.07) is 11.3. The van der Waals surface area contributed by atoms with E-state index in [0.717, 1.165) is 12.0 Å². The van der Waals surface area contributed by atoms with E-state index >= 15 is 0 Å². The molecule has 0 radical (unpaired) electrons. The summed E-state index contributed by atoms with van der Waals surface area (Å²) in [7, 11) is 0. The van der Waals surface area contributed by atoms with Gasteiger partial charge in [0.05, 0.1) is 4.92 Å². The molecule has 1 amide bonds. The molecule has 6 heteroatoms. The molecule has 0 aliphatic rings. The monoisotopic (exact) mass is 285 g/mol. The molecule has 0 bridgehead atoms. The van der Waals surface area contributed by atoms with Gasteiger partial charge < -0.3 is 11.1 Å². The number of nitro groups is 1. The summed E-state index contributed by atoms with van der Waals surface area (Å²) in [6.45, 7) is 1.97. The Bertz CT molecular complexity index is 698. The third-order valence-corrected chi connectivity index (χ3v) is 3.11. The molecule has 2 aromatic carbocycles. The fourth-order valence-electron chi connectivity index (χ4n) is 2.03. The Morgan fingerprint density at radius 1 is 1.29 bits per heavy atom. The maximum Gasteiger partial charge on any atom is 0.282 e. The molecule has 0 spiro atoms. The van der Waals surface area contributed by atoms with E-state index in [2.05, 4.69) is 5.32 Å². The lowest BCUT2D eigenvalue weighted by Gasteiger charge is -2.10. The largest absolute Gasteiger partial charge is 0.399 e. The summed E-state index contributed by atoms with van der Waals surface area (Å²) in [4.78, 5) is 22.7. The van der Waals surface area contributed by atoms with Gasteiger partial charge in [0, 0.05) is 17.4 Å². The summed E-state index contributed by atoms with van der Waals surface area (Å²) in [5.74, 6) is -0.546. The van der Waals surface area contributed by atoms with Crippen molar-refractivity contribution in [2.75, 3.05) is 11.1 Å². The van der Waals surface area contributed by atoms with Gasteiger partial charge >= 0.3 is 0 Å². The molecule has 3 N–H and O–H groups in total. The van der Waals surface area contributed by atoms with E-state index in [4.69, 9.17) is 5.73 Å². The van der Waals surface area contributed by atoms with Crippen LogP contribution in [0.5, 0.6) is 0 Å². The van der Waals surface area contributed by atoms with Crippen molar-refractivity contribution in [3.8, 4) is 0 Å². The molecule has 0 aromatic heterocycles. The topological polar surface area (TPSA) is 98.3 Å². The molecule has 0 saturated carbocycles. The molecule has 0 saturated heterocycles. The number of nitrogens with two attached hydrogens (primary N) is 1. The number of para-hydroxylation sites is 1. The summed E-state index contributed by atoms with van der Waals surface area (Å²) < 4.78 is 0. The van der Waals surface area contributed by atoms with Crippen molar-refractivity contribution in [2.24, 2.45) is 0 Å². The third kappa shape index (κ3) is 3.17. The summed E-state index contributed by atoms with van der Waals surface area (Å²) in [5.41, 5.74) is 7.19. The van der Waals surface area contributed by atoms with Gasteiger partial charge in [0.1, 0.15) is 5.56 Å². The van der Waals surface area contributed by atoms with E-state index in [1.807, 2.05) is 19.1 Å². The van der Waals surface area contributed by atoms with E-state index in [1.54, 1.807) is 12.1 Å². The zero-order valence-corrected chi connectivity index (χ0v) is 11.5. The zero-order chi connectivity index (χ0) is 15.4. The number of nitrogens with one attached hydrogen (secondary N) is 1. The van der Waals surface area contributed by atoms with Gasteiger partial charge in [-0.05, 0) is 30.2 Å². The van der Waals surface area contributed by atoms with E-state index in [1.165, 1.54) is 18.2 Å². The average molecular weight is 285 g/mol. The van der Waals surface area contributed by atoms with Crippen molar-refractivity contribution >= 4 is 23.0 Å². The van der Waals surface area contributed by atoms with Gasteiger partial charge in [-0.15, -0.1) is 0 Å². The normalized spacial score (nSPS) is 10.1. The number of carbonyl (C=O) groups is 1. The van der Waals surface area contributed by atoms with Crippen LogP contribution in [0.3, 0.4) is 0 Å². The molecule has 0 unspecified atom stereocenters. The minimum atomic E-state index is -0.597. The number of hydrogen-bond donors (Lipinski definition) is 2. The Kier molecular flexibility index (Phi) is 4.18. The highest BCUT2D eigenvalue weighted by Gasteiger charge is 2.20. The number of anilines is 2. The smallest absolute Gasteiger partial charge is 0.282 e. The second-order valence-corrected chi connectivity index (χ2v) is 4.50. The molecular formula is C15H15N3O3. The lowest BCUT2D eigenvalue weighted by molar-refractivity contribution is -0.385. The standard InChI is InChI=1S/C15H15N3O3/c1-2-10-5-3-4-6-13(10)17-15(19)12-9-11(16)7-8-14(12)18(20)21/h3-9H,2,16H2,1H3,(H,17,19). The van der Waals surface area contributed by atoms with E-state index in [9.17, 15) is 14.9 Å². The quantitative estimate of drug-likeness (QED) is 0.512. The molecule has 21 heavy (non-hydrogen) atoms. The fraction of sp³-hybridized carbons (Fsp3) is 0.133. The van der Waals surface area contributed by atoms with Crippen molar-refractivity contribution in [3.63, 3.8) is 0 Å². The number of nitrogens with zero attached hydrogens (tertiary/aromatic N) is 1. The van der Waals surface area contributed by atoms with Gasteiger partial charge in [-0.3, -0.25) is 14.9 Å². The predicted molar refractivity (Wildman–Crippen MR) is 81.3 cm³/mol. The van der Waals surface area contributed by atoms with Crippen LogP contribution < -0.4 is 11.1 Å². The number of amides is 1. The highest BCUT2D eigenvalue weighted by Crippen LogP contribution is 2.23. The molecule has 2 aromatic rings. The van der Waals surface area contributed by atoms with Crippen molar-refractivity contribution < 1.29 is 9.72 Å². The molecule has 0 aliphatic heterocycles. The number of nitro benzene ring substituents is 1. The Hall–Kier alpha value is -2.89. The lowest BCUT2D eigenvalue weighted by atomic mass is 10.1. The minimum Gasteiger partial charge on any atom is -0.399 e. The van der Waals surface area contributed by atoms with Gasteiger partial charge in [0.15, 0.2) is 0 Å². The highest BCUT2D eigenvalue weighted by atomic mass is 16.6. The van der Waals surface area contributed by atoms with Crippen LogP contribution in [0, 0.1) is 10.1 Å². The van der Waals surface area contributed by atoms with Crippen LogP contribution in [0.2, 0.25) is 0 Å². The maximum atomic E-state index is 12.3. The van der Waals surface area contributed by atoms with E-state index in [-0.39, 0.29) is 11.3 Å². The predicted octanol–water partition coefficient (Wildman–Crippen LogP) is 2.99. The molecule has 0 aliphatic carbocycles. The van der Waals surface area contributed by atoms with Crippen LogP contribution in [-0.4, -0.2) is 10.8 Å². The second-order valence-electron chi connectivity index (χ2n) is 4.50. The second kappa shape index (κ2) is 6.04. The zero-order valence-electron chi connectivity index (χ0n) is 11.5. The van der Waals surface area contributed by atoms with Gasteiger partial charge in [-0.2, -0.15) is 0 Å². The Morgan fingerprint density at radius 3 is 2.67 bits per heavy atom. The number of benzene rings is 2. The first-order valence-electron chi connectivity index (χ1n) is 6.46. The number of rotatable bonds is 4. The molecule has 0 heterocycles. The third-order valence-electron chi connectivity index (χ3n) is 3.11. The first-order chi connectivity index (χ1) is 10.0. The van der Waals surface area contributed by atoms with Crippen molar-refractivity contribution in [1.82, 2.24) is 0 Å². The van der Waals surface area contributed by atoms with Crippen molar-refractivity contribution in [2.45, 2.75) is 13.3 Å². The van der Waals surface area contributed by atoms with E-state index in [0.29, 0.717) is 11.4 Å².